The van der Waals surface area contributed by atoms with Crippen LogP contribution in [0.1, 0.15) is 47.5 Å². The first kappa shape index (κ1) is 17.7. The van der Waals surface area contributed by atoms with Gasteiger partial charge in [0.1, 0.15) is 15.6 Å². The van der Waals surface area contributed by atoms with Crippen molar-refractivity contribution in [3.8, 4) is 22.0 Å². The standard InChI is InChI=1S/C20H21N3O3S/c1-13-18(20(24)25)27-19(22-13)14-7-8-17(26-15-5-3-2-4-6-15)16(11-14)23-10-9-21-12-23/h7-12,15H,2-6H2,1H3,(H,24,25). The molecular formula is C20H21N3O3S. The molecule has 1 fully saturated rings. The Labute approximate surface area is 161 Å². The molecule has 4 rings (SSSR count). The first-order valence-corrected chi connectivity index (χ1v) is 9.93. The number of benzene rings is 1. The van der Waals surface area contributed by atoms with Crippen LogP contribution < -0.4 is 4.74 Å². The summed E-state index contributed by atoms with van der Waals surface area (Å²) < 4.78 is 8.23. The predicted molar refractivity (Wildman–Crippen MR) is 104 cm³/mol. The minimum atomic E-state index is -0.941. The number of carboxylic acids is 1. The highest BCUT2D eigenvalue weighted by Crippen LogP contribution is 2.34. The fourth-order valence-electron chi connectivity index (χ4n) is 3.43. The molecule has 0 amide bonds. The second kappa shape index (κ2) is 7.52. The molecule has 2 aromatic heterocycles. The van der Waals surface area contributed by atoms with Crippen molar-refractivity contribution in [2.45, 2.75) is 45.1 Å². The first-order chi connectivity index (χ1) is 13.1. The van der Waals surface area contributed by atoms with E-state index in [-0.39, 0.29) is 11.0 Å². The summed E-state index contributed by atoms with van der Waals surface area (Å²) in [4.78, 5) is 20.2. The van der Waals surface area contributed by atoms with E-state index >= 15 is 0 Å². The van der Waals surface area contributed by atoms with Gasteiger partial charge in [-0.2, -0.15) is 0 Å². The van der Waals surface area contributed by atoms with Crippen LogP contribution in [-0.2, 0) is 0 Å². The maximum atomic E-state index is 11.3. The minimum absolute atomic E-state index is 0.243. The Morgan fingerprint density at radius 3 is 2.78 bits per heavy atom. The van der Waals surface area contributed by atoms with Gasteiger partial charge < -0.3 is 14.4 Å². The van der Waals surface area contributed by atoms with Gasteiger partial charge in [-0.15, -0.1) is 11.3 Å². The number of ether oxygens (including phenoxy) is 1. The number of carbonyl (C=O) groups is 1. The number of thiazole rings is 1. The molecule has 0 unspecified atom stereocenters. The molecular weight excluding hydrogens is 362 g/mol. The summed E-state index contributed by atoms with van der Waals surface area (Å²) in [5, 5.41) is 9.99. The zero-order valence-electron chi connectivity index (χ0n) is 15.1. The summed E-state index contributed by atoms with van der Waals surface area (Å²) in [6.45, 7) is 1.72. The van der Waals surface area contributed by atoms with E-state index < -0.39 is 5.97 Å². The normalized spacial score (nSPS) is 15.0. The first-order valence-electron chi connectivity index (χ1n) is 9.12. The molecule has 6 nitrogen and oxygen atoms in total. The van der Waals surface area contributed by atoms with Crippen LogP contribution in [0.4, 0.5) is 0 Å². The van der Waals surface area contributed by atoms with E-state index in [0.29, 0.717) is 10.7 Å². The van der Waals surface area contributed by atoms with Crippen molar-refractivity contribution in [3.63, 3.8) is 0 Å². The van der Waals surface area contributed by atoms with Crippen molar-refractivity contribution in [2.75, 3.05) is 0 Å². The van der Waals surface area contributed by atoms with Gasteiger partial charge in [-0.05, 0) is 50.8 Å². The van der Waals surface area contributed by atoms with Gasteiger partial charge in [0.15, 0.2) is 0 Å². The van der Waals surface area contributed by atoms with Crippen molar-refractivity contribution < 1.29 is 14.6 Å². The third-order valence-corrected chi connectivity index (χ3v) is 6.02. The fraction of sp³-hybridized carbons (Fsp3) is 0.350. The Kier molecular flexibility index (Phi) is 4.94. The van der Waals surface area contributed by atoms with Crippen LogP contribution in [0, 0.1) is 6.92 Å². The Morgan fingerprint density at radius 2 is 2.11 bits per heavy atom. The third kappa shape index (κ3) is 3.73. The van der Waals surface area contributed by atoms with E-state index in [9.17, 15) is 9.90 Å². The lowest BCUT2D eigenvalue weighted by atomic mass is 9.98. The molecule has 27 heavy (non-hydrogen) atoms. The van der Waals surface area contributed by atoms with Crippen molar-refractivity contribution in [1.82, 2.24) is 14.5 Å². The molecule has 7 heteroatoms. The minimum Gasteiger partial charge on any atom is -0.488 e. The molecule has 140 valence electrons. The smallest absolute Gasteiger partial charge is 0.347 e. The van der Waals surface area contributed by atoms with Crippen LogP contribution in [0.2, 0.25) is 0 Å². The van der Waals surface area contributed by atoms with E-state index in [2.05, 4.69) is 9.97 Å². The second-order valence-electron chi connectivity index (χ2n) is 6.77. The highest BCUT2D eigenvalue weighted by atomic mass is 32.1. The van der Waals surface area contributed by atoms with Gasteiger partial charge in [0, 0.05) is 18.0 Å². The summed E-state index contributed by atoms with van der Waals surface area (Å²) >= 11 is 1.19. The topological polar surface area (TPSA) is 77.2 Å². The largest absolute Gasteiger partial charge is 0.488 e. The quantitative estimate of drug-likeness (QED) is 0.690. The number of aromatic nitrogens is 3. The van der Waals surface area contributed by atoms with Crippen molar-refractivity contribution in [1.29, 1.82) is 0 Å². The Hall–Kier alpha value is -2.67. The maximum absolute atomic E-state index is 11.3. The summed E-state index contributed by atoms with van der Waals surface area (Å²) in [5.41, 5.74) is 2.30. The number of imidazole rings is 1. The number of rotatable bonds is 5. The molecule has 0 aliphatic heterocycles. The van der Waals surface area contributed by atoms with Crippen LogP contribution in [0.5, 0.6) is 5.75 Å². The number of hydrogen-bond donors (Lipinski definition) is 1. The molecule has 1 aliphatic rings. The molecule has 1 saturated carbocycles. The Balaban J connectivity index is 1.71. The predicted octanol–water partition coefficient (Wildman–Crippen LogP) is 4.71. The van der Waals surface area contributed by atoms with Gasteiger partial charge >= 0.3 is 5.97 Å². The molecule has 0 atom stereocenters. The number of nitrogens with zero attached hydrogens (tertiary/aromatic N) is 3. The van der Waals surface area contributed by atoms with E-state index in [4.69, 9.17) is 4.74 Å². The zero-order chi connectivity index (χ0) is 18.8. The molecule has 0 bridgehead atoms. The van der Waals surface area contributed by atoms with Crippen LogP contribution >= 0.6 is 11.3 Å². The monoisotopic (exact) mass is 383 g/mol. The molecule has 3 aromatic rings. The van der Waals surface area contributed by atoms with Gasteiger partial charge in [0.25, 0.3) is 0 Å². The number of aromatic carboxylic acids is 1. The number of aryl methyl sites for hydroxylation is 1. The summed E-state index contributed by atoms with van der Waals surface area (Å²) in [6.07, 6.45) is 11.4. The third-order valence-electron chi connectivity index (χ3n) is 4.83. The zero-order valence-corrected chi connectivity index (χ0v) is 15.9. The van der Waals surface area contributed by atoms with Crippen LogP contribution in [0.3, 0.4) is 0 Å². The molecule has 1 aromatic carbocycles. The lowest BCUT2D eigenvalue weighted by molar-refractivity contribution is 0.0701. The van der Waals surface area contributed by atoms with Gasteiger partial charge in [-0.1, -0.05) is 6.42 Å². The number of hydrogen-bond acceptors (Lipinski definition) is 5. The van der Waals surface area contributed by atoms with Crippen molar-refractivity contribution in [2.24, 2.45) is 0 Å². The fourth-order valence-corrected chi connectivity index (χ4v) is 4.34. The van der Waals surface area contributed by atoms with Gasteiger partial charge in [-0.25, -0.2) is 14.8 Å². The van der Waals surface area contributed by atoms with Gasteiger partial charge in [0.2, 0.25) is 0 Å². The number of carboxylic acid groups (broad SMARTS) is 1. The lowest BCUT2D eigenvalue weighted by Gasteiger charge is -2.24. The van der Waals surface area contributed by atoms with Gasteiger partial charge in [0.05, 0.1) is 23.8 Å². The molecule has 0 radical (unpaired) electrons. The molecule has 1 aliphatic carbocycles. The van der Waals surface area contributed by atoms with E-state index in [1.165, 1.54) is 30.6 Å². The van der Waals surface area contributed by atoms with Crippen molar-refractivity contribution >= 4 is 17.3 Å². The second-order valence-corrected chi connectivity index (χ2v) is 7.77. The Morgan fingerprint density at radius 1 is 1.30 bits per heavy atom. The highest BCUT2D eigenvalue weighted by Gasteiger charge is 2.19. The van der Waals surface area contributed by atoms with Crippen LogP contribution in [0.25, 0.3) is 16.3 Å². The lowest BCUT2D eigenvalue weighted by Crippen LogP contribution is -2.20. The SMILES string of the molecule is Cc1nc(-c2ccc(OC3CCCCC3)c(-n3ccnc3)c2)sc1C(=O)O. The van der Waals surface area contributed by atoms with Crippen LogP contribution in [0.15, 0.2) is 36.9 Å². The molecule has 2 heterocycles. The summed E-state index contributed by atoms with van der Waals surface area (Å²) in [6, 6.07) is 5.89. The maximum Gasteiger partial charge on any atom is 0.347 e. The van der Waals surface area contributed by atoms with E-state index in [1.807, 2.05) is 29.0 Å². The van der Waals surface area contributed by atoms with Gasteiger partial charge in [-0.3, -0.25) is 0 Å². The average molecular weight is 383 g/mol. The summed E-state index contributed by atoms with van der Waals surface area (Å²) in [7, 11) is 0. The van der Waals surface area contributed by atoms with Crippen LogP contribution in [-0.4, -0.2) is 31.7 Å². The summed E-state index contributed by atoms with van der Waals surface area (Å²) in [5.74, 6) is -0.126. The molecule has 0 spiro atoms. The van der Waals surface area contributed by atoms with E-state index in [1.54, 1.807) is 19.4 Å². The van der Waals surface area contributed by atoms with E-state index in [0.717, 1.165) is 29.8 Å². The highest BCUT2D eigenvalue weighted by molar-refractivity contribution is 7.17. The molecule has 1 N–H and O–H groups in total. The van der Waals surface area contributed by atoms with Crippen molar-refractivity contribution in [3.05, 3.63) is 47.5 Å². The average Bonchev–Trinajstić information content (AvgIpc) is 3.33. The Bertz CT molecular complexity index is 944. The molecule has 0 saturated heterocycles.